The summed E-state index contributed by atoms with van der Waals surface area (Å²) in [5, 5.41) is 8.71. The Morgan fingerprint density at radius 3 is 2.29 bits per heavy atom. The van der Waals surface area contributed by atoms with Crippen molar-refractivity contribution in [1.29, 1.82) is 0 Å². The number of carboxylic acid groups (broad SMARTS) is 1. The monoisotopic (exact) mass is 304 g/mol. The lowest BCUT2D eigenvalue weighted by Gasteiger charge is -2.06. The Kier molecular flexibility index (Phi) is 4.43. The Morgan fingerprint density at radius 1 is 1.05 bits per heavy atom. The highest BCUT2D eigenvalue weighted by molar-refractivity contribution is 7.90. The lowest BCUT2D eigenvalue weighted by atomic mass is 10.0. The van der Waals surface area contributed by atoms with Crippen molar-refractivity contribution < 1.29 is 18.3 Å². The molecule has 0 aliphatic heterocycles. The van der Waals surface area contributed by atoms with Crippen LogP contribution in [0, 0.1) is 0 Å². The van der Waals surface area contributed by atoms with Crippen LogP contribution < -0.4 is 0 Å². The predicted molar refractivity (Wildman–Crippen MR) is 80.9 cm³/mol. The van der Waals surface area contributed by atoms with Gasteiger partial charge in [-0.1, -0.05) is 36.4 Å². The number of hydrogen-bond acceptors (Lipinski definition) is 3. The van der Waals surface area contributed by atoms with Gasteiger partial charge in [0, 0.05) is 12.7 Å². The summed E-state index contributed by atoms with van der Waals surface area (Å²) in [5.74, 6) is -0.821. The van der Waals surface area contributed by atoms with Gasteiger partial charge in [-0.15, -0.1) is 0 Å². The van der Waals surface area contributed by atoms with Crippen LogP contribution >= 0.6 is 0 Å². The van der Waals surface area contributed by atoms with Crippen molar-refractivity contribution >= 4 is 15.8 Å². The summed E-state index contributed by atoms with van der Waals surface area (Å²) in [6.45, 7) is 0. The fourth-order valence-corrected chi connectivity index (χ4v) is 2.68. The number of carboxylic acids is 1. The van der Waals surface area contributed by atoms with E-state index in [4.69, 9.17) is 5.11 Å². The lowest BCUT2D eigenvalue weighted by Crippen LogP contribution is -1.97. The number of rotatable bonds is 5. The average molecular weight is 304 g/mol. The molecule has 2 aromatic carbocycles. The van der Waals surface area contributed by atoms with Gasteiger partial charge in [-0.05, 0) is 35.2 Å². The zero-order chi connectivity index (χ0) is 15.5. The summed E-state index contributed by atoms with van der Waals surface area (Å²) in [7, 11) is -3.19. The maximum Gasteiger partial charge on any atom is 0.303 e. The minimum atomic E-state index is -3.19. The topological polar surface area (TPSA) is 71.4 Å². The molecule has 0 unspecified atom stereocenters. The molecule has 0 heterocycles. The van der Waals surface area contributed by atoms with E-state index in [1.807, 2.05) is 24.3 Å². The SMILES string of the molecule is CS(=O)(=O)c1ccc(-c2cccc(CCC(=O)O)c2)cc1. The van der Waals surface area contributed by atoms with E-state index in [1.165, 1.54) is 6.26 Å². The van der Waals surface area contributed by atoms with E-state index in [-0.39, 0.29) is 11.3 Å². The molecule has 0 saturated carbocycles. The molecule has 0 saturated heterocycles. The van der Waals surface area contributed by atoms with Gasteiger partial charge in [0.05, 0.1) is 4.90 Å². The Hall–Kier alpha value is -2.14. The maximum atomic E-state index is 11.4. The van der Waals surface area contributed by atoms with Crippen LogP contribution in [0.4, 0.5) is 0 Å². The molecule has 0 radical (unpaired) electrons. The fourth-order valence-electron chi connectivity index (χ4n) is 2.05. The number of hydrogen-bond donors (Lipinski definition) is 1. The Labute approximate surface area is 124 Å². The van der Waals surface area contributed by atoms with E-state index in [2.05, 4.69) is 0 Å². The second kappa shape index (κ2) is 6.10. The van der Waals surface area contributed by atoms with Crippen molar-refractivity contribution in [2.45, 2.75) is 17.7 Å². The molecule has 0 aliphatic rings. The minimum absolute atomic E-state index is 0.0937. The van der Waals surface area contributed by atoms with Crippen LogP contribution in [-0.4, -0.2) is 25.7 Å². The Morgan fingerprint density at radius 2 is 1.71 bits per heavy atom. The minimum Gasteiger partial charge on any atom is -0.481 e. The number of sulfone groups is 1. The zero-order valence-corrected chi connectivity index (χ0v) is 12.4. The molecular formula is C16H16O4S. The van der Waals surface area contributed by atoms with Crippen LogP contribution in [0.2, 0.25) is 0 Å². The van der Waals surface area contributed by atoms with Crippen molar-refractivity contribution in [2.75, 3.05) is 6.26 Å². The van der Waals surface area contributed by atoms with E-state index in [0.29, 0.717) is 6.42 Å². The summed E-state index contributed by atoms with van der Waals surface area (Å²) >= 11 is 0. The number of carbonyl (C=O) groups is 1. The van der Waals surface area contributed by atoms with Crippen molar-refractivity contribution in [2.24, 2.45) is 0 Å². The molecule has 2 rings (SSSR count). The molecule has 0 aliphatic carbocycles. The van der Waals surface area contributed by atoms with Gasteiger partial charge in [0.15, 0.2) is 9.84 Å². The fraction of sp³-hybridized carbons (Fsp3) is 0.188. The van der Waals surface area contributed by atoms with Crippen molar-refractivity contribution in [1.82, 2.24) is 0 Å². The molecule has 0 atom stereocenters. The third kappa shape index (κ3) is 4.16. The van der Waals surface area contributed by atoms with Crippen molar-refractivity contribution in [3.05, 3.63) is 54.1 Å². The standard InChI is InChI=1S/C16H16O4S/c1-21(19,20)15-8-6-13(7-9-15)14-4-2-3-12(11-14)5-10-16(17)18/h2-4,6-9,11H,5,10H2,1H3,(H,17,18). The van der Waals surface area contributed by atoms with Gasteiger partial charge in [0.2, 0.25) is 0 Å². The molecule has 0 bridgehead atoms. The second-order valence-corrected chi connectivity index (χ2v) is 6.91. The Bertz CT molecular complexity index is 746. The van der Waals surface area contributed by atoms with Crippen molar-refractivity contribution in [3.63, 3.8) is 0 Å². The largest absolute Gasteiger partial charge is 0.481 e. The first-order valence-electron chi connectivity index (χ1n) is 6.47. The smallest absolute Gasteiger partial charge is 0.303 e. The quantitative estimate of drug-likeness (QED) is 0.922. The molecular weight excluding hydrogens is 288 g/mol. The van der Waals surface area contributed by atoms with Gasteiger partial charge in [0.25, 0.3) is 0 Å². The predicted octanol–water partition coefficient (Wildman–Crippen LogP) is 2.77. The molecule has 21 heavy (non-hydrogen) atoms. The molecule has 5 heteroatoms. The first-order chi connectivity index (χ1) is 9.86. The van der Waals surface area contributed by atoms with E-state index in [9.17, 15) is 13.2 Å². The summed E-state index contributed by atoms with van der Waals surface area (Å²) in [5.41, 5.74) is 2.79. The lowest BCUT2D eigenvalue weighted by molar-refractivity contribution is -0.136. The van der Waals surface area contributed by atoms with Crippen LogP contribution in [0.3, 0.4) is 0 Å². The highest BCUT2D eigenvalue weighted by atomic mass is 32.2. The van der Waals surface area contributed by atoms with Crippen molar-refractivity contribution in [3.8, 4) is 11.1 Å². The summed E-state index contributed by atoms with van der Waals surface area (Å²) in [6.07, 6.45) is 1.75. The summed E-state index contributed by atoms with van der Waals surface area (Å²) in [6, 6.07) is 14.3. The van der Waals surface area contributed by atoms with Gasteiger partial charge < -0.3 is 5.11 Å². The van der Waals surface area contributed by atoms with E-state index < -0.39 is 15.8 Å². The normalized spacial score (nSPS) is 11.3. The highest BCUT2D eigenvalue weighted by Gasteiger charge is 2.07. The van der Waals surface area contributed by atoms with Gasteiger partial charge in [-0.2, -0.15) is 0 Å². The molecule has 110 valence electrons. The second-order valence-electron chi connectivity index (χ2n) is 4.89. The first kappa shape index (κ1) is 15.3. The molecule has 0 spiro atoms. The third-order valence-corrected chi connectivity index (χ3v) is 4.30. The highest BCUT2D eigenvalue weighted by Crippen LogP contribution is 2.22. The Balaban J connectivity index is 2.26. The first-order valence-corrected chi connectivity index (χ1v) is 8.36. The van der Waals surface area contributed by atoms with E-state index in [0.717, 1.165) is 16.7 Å². The van der Waals surface area contributed by atoms with Crippen LogP contribution in [0.5, 0.6) is 0 Å². The maximum absolute atomic E-state index is 11.4. The molecule has 0 fully saturated rings. The number of aryl methyl sites for hydroxylation is 1. The molecule has 0 aromatic heterocycles. The van der Waals surface area contributed by atoms with Gasteiger partial charge in [0.1, 0.15) is 0 Å². The van der Waals surface area contributed by atoms with Gasteiger partial charge >= 0.3 is 5.97 Å². The van der Waals surface area contributed by atoms with E-state index in [1.54, 1.807) is 24.3 Å². The zero-order valence-electron chi connectivity index (χ0n) is 11.6. The van der Waals surface area contributed by atoms with Crippen LogP contribution in [0.25, 0.3) is 11.1 Å². The van der Waals surface area contributed by atoms with Gasteiger partial charge in [-0.3, -0.25) is 4.79 Å². The number of benzene rings is 2. The molecule has 0 amide bonds. The van der Waals surface area contributed by atoms with Crippen LogP contribution in [-0.2, 0) is 21.1 Å². The summed E-state index contributed by atoms with van der Waals surface area (Å²) in [4.78, 5) is 10.9. The van der Waals surface area contributed by atoms with E-state index >= 15 is 0 Å². The molecule has 4 nitrogen and oxygen atoms in total. The number of aliphatic carboxylic acids is 1. The molecule has 2 aromatic rings. The average Bonchev–Trinajstić information content (AvgIpc) is 2.45. The third-order valence-electron chi connectivity index (χ3n) is 3.17. The van der Waals surface area contributed by atoms with Gasteiger partial charge in [-0.25, -0.2) is 8.42 Å². The molecule has 1 N–H and O–H groups in total. The van der Waals surface area contributed by atoms with Crippen LogP contribution in [0.1, 0.15) is 12.0 Å². The van der Waals surface area contributed by atoms with Crippen LogP contribution in [0.15, 0.2) is 53.4 Å². The summed E-state index contributed by atoms with van der Waals surface area (Å²) < 4.78 is 22.9.